The Morgan fingerprint density at radius 3 is 2.57 bits per heavy atom. The Labute approximate surface area is 139 Å². The van der Waals surface area contributed by atoms with E-state index < -0.39 is 0 Å². The third kappa shape index (κ3) is 4.62. The zero-order valence-corrected chi connectivity index (χ0v) is 14.5. The second-order valence-electron chi connectivity index (χ2n) is 5.07. The van der Waals surface area contributed by atoms with Crippen molar-refractivity contribution >= 4 is 34.5 Å². The van der Waals surface area contributed by atoms with E-state index >= 15 is 0 Å². The lowest BCUT2D eigenvalue weighted by Crippen LogP contribution is -2.18. The highest BCUT2D eigenvalue weighted by Crippen LogP contribution is 2.34. The number of hydrogen-bond donors (Lipinski definition) is 1. The summed E-state index contributed by atoms with van der Waals surface area (Å²) in [6, 6.07) is 7.83. The lowest BCUT2D eigenvalue weighted by molar-refractivity contribution is 0.306. The molecule has 2 nitrogen and oxygen atoms in total. The summed E-state index contributed by atoms with van der Waals surface area (Å²) in [6.07, 6.45) is 1.72. The van der Waals surface area contributed by atoms with Crippen LogP contribution in [0, 0.1) is 0 Å². The third-order valence-corrected chi connectivity index (χ3v) is 4.75. The molecule has 1 aromatic carbocycles. The van der Waals surface area contributed by atoms with Gasteiger partial charge in [-0.1, -0.05) is 30.1 Å². The van der Waals surface area contributed by atoms with E-state index in [-0.39, 0.29) is 6.04 Å². The van der Waals surface area contributed by atoms with E-state index in [1.165, 1.54) is 9.75 Å². The van der Waals surface area contributed by atoms with Crippen LogP contribution in [0.3, 0.4) is 0 Å². The first-order chi connectivity index (χ1) is 9.99. The summed E-state index contributed by atoms with van der Waals surface area (Å²) in [5, 5.41) is 1.14. The van der Waals surface area contributed by atoms with E-state index in [4.69, 9.17) is 33.7 Å². The Balaban J connectivity index is 2.17. The maximum Gasteiger partial charge on any atom is 0.141 e. The normalized spacial score (nSPS) is 12.4. The molecule has 0 aliphatic carbocycles. The fraction of sp³-hybridized carbons (Fsp3) is 0.375. The summed E-state index contributed by atoms with van der Waals surface area (Å²) in [6.45, 7) is 4.61. The summed E-state index contributed by atoms with van der Waals surface area (Å²) in [4.78, 5) is 2.54. The zero-order valence-electron chi connectivity index (χ0n) is 12.2. The number of hydrogen-bond acceptors (Lipinski definition) is 3. The fourth-order valence-corrected chi connectivity index (χ4v) is 3.57. The molecule has 1 atom stereocenters. The Morgan fingerprint density at radius 1 is 1.24 bits per heavy atom. The molecule has 1 heterocycles. The van der Waals surface area contributed by atoms with Gasteiger partial charge in [0, 0.05) is 20.8 Å². The van der Waals surface area contributed by atoms with Crippen molar-refractivity contribution in [2.45, 2.75) is 39.3 Å². The number of thiophene rings is 1. The van der Waals surface area contributed by atoms with Crippen LogP contribution < -0.4 is 10.5 Å². The van der Waals surface area contributed by atoms with Crippen molar-refractivity contribution in [3.8, 4) is 5.75 Å². The molecular formula is C16H19Cl2NOS. The average molecular weight is 344 g/mol. The number of halogens is 2. The van der Waals surface area contributed by atoms with Gasteiger partial charge in [-0.05, 0) is 49.6 Å². The van der Waals surface area contributed by atoms with Gasteiger partial charge in [0.25, 0.3) is 0 Å². The van der Waals surface area contributed by atoms with Crippen molar-refractivity contribution in [1.82, 2.24) is 0 Å². The van der Waals surface area contributed by atoms with Crippen LogP contribution in [0.2, 0.25) is 10.0 Å². The molecule has 0 radical (unpaired) electrons. The smallest absolute Gasteiger partial charge is 0.141 e. The summed E-state index contributed by atoms with van der Waals surface area (Å²) in [5.74, 6) is 0.685. The molecule has 1 aromatic heterocycles. The number of rotatable bonds is 6. The molecule has 0 aliphatic heterocycles. The van der Waals surface area contributed by atoms with E-state index in [1.807, 2.05) is 13.0 Å². The highest BCUT2D eigenvalue weighted by Gasteiger charge is 2.13. The number of benzene rings is 1. The van der Waals surface area contributed by atoms with Crippen molar-refractivity contribution in [2.75, 3.05) is 0 Å². The highest BCUT2D eigenvalue weighted by atomic mass is 35.5. The molecule has 0 bridgehead atoms. The Kier molecular flexibility index (Phi) is 5.94. The minimum Gasteiger partial charge on any atom is -0.486 e. The largest absolute Gasteiger partial charge is 0.486 e. The minimum atomic E-state index is 0.0234. The number of nitrogens with two attached hydrogens (primary N) is 1. The number of ether oxygens (including phenoxy) is 1. The van der Waals surface area contributed by atoms with Crippen LogP contribution in [0.5, 0.6) is 5.75 Å². The topological polar surface area (TPSA) is 35.2 Å². The van der Waals surface area contributed by atoms with Gasteiger partial charge in [0.1, 0.15) is 12.4 Å². The van der Waals surface area contributed by atoms with Gasteiger partial charge in [0.05, 0.1) is 5.02 Å². The molecule has 2 rings (SSSR count). The van der Waals surface area contributed by atoms with Gasteiger partial charge in [0.2, 0.25) is 0 Å². The van der Waals surface area contributed by atoms with Gasteiger partial charge in [-0.25, -0.2) is 0 Å². The average Bonchev–Trinajstić information content (AvgIpc) is 2.84. The summed E-state index contributed by atoms with van der Waals surface area (Å²) in [7, 11) is 0. The first-order valence-corrected chi connectivity index (χ1v) is 8.50. The first kappa shape index (κ1) is 16.6. The summed E-state index contributed by atoms with van der Waals surface area (Å²) in [5.41, 5.74) is 6.84. The maximum atomic E-state index is 6.27. The van der Waals surface area contributed by atoms with Crippen LogP contribution >= 0.6 is 34.5 Å². The second-order valence-corrected chi connectivity index (χ2v) is 7.16. The van der Waals surface area contributed by atoms with Gasteiger partial charge in [-0.2, -0.15) is 0 Å². The molecule has 21 heavy (non-hydrogen) atoms. The van der Waals surface area contributed by atoms with Crippen LogP contribution in [-0.2, 0) is 19.4 Å². The quantitative estimate of drug-likeness (QED) is 0.792. The predicted octanol–water partition coefficient (Wildman–Crippen LogP) is 5.09. The number of aryl methyl sites for hydroxylation is 1. The lowest BCUT2D eigenvalue weighted by atomic mass is 10.1. The molecule has 0 spiro atoms. The van der Waals surface area contributed by atoms with E-state index in [9.17, 15) is 0 Å². The van der Waals surface area contributed by atoms with Gasteiger partial charge in [-0.15, -0.1) is 11.3 Å². The molecule has 2 aromatic rings. The predicted molar refractivity (Wildman–Crippen MR) is 91.8 cm³/mol. The molecule has 2 N–H and O–H groups in total. The van der Waals surface area contributed by atoms with Gasteiger partial charge < -0.3 is 10.5 Å². The maximum absolute atomic E-state index is 6.27. The molecule has 0 saturated carbocycles. The monoisotopic (exact) mass is 343 g/mol. The Morgan fingerprint density at radius 2 is 1.95 bits per heavy atom. The Hall–Kier alpha value is -0.740. The van der Waals surface area contributed by atoms with Gasteiger partial charge in [0.15, 0.2) is 0 Å². The third-order valence-electron chi connectivity index (χ3n) is 3.05. The molecule has 0 amide bonds. The first-order valence-electron chi connectivity index (χ1n) is 6.93. The van der Waals surface area contributed by atoms with Crippen molar-refractivity contribution in [3.63, 3.8) is 0 Å². The summed E-state index contributed by atoms with van der Waals surface area (Å²) >= 11 is 14.1. The van der Waals surface area contributed by atoms with Crippen molar-refractivity contribution in [3.05, 3.63) is 49.6 Å². The zero-order chi connectivity index (χ0) is 15.4. The second kappa shape index (κ2) is 7.50. The van der Waals surface area contributed by atoms with Gasteiger partial charge >= 0.3 is 0 Å². The van der Waals surface area contributed by atoms with Crippen molar-refractivity contribution < 1.29 is 4.74 Å². The van der Waals surface area contributed by atoms with Crippen LogP contribution in [0.4, 0.5) is 0 Å². The minimum absolute atomic E-state index is 0.0234. The molecule has 1 unspecified atom stereocenters. The SMILES string of the molecule is CCc1ccc(COc2c(Cl)cc(Cl)cc2CC(C)N)s1. The van der Waals surface area contributed by atoms with Crippen molar-refractivity contribution in [1.29, 1.82) is 0 Å². The molecular weight excluding hydrogens is 325 g/mol. The van der Waals surface area contributed by atoms with Crippen LogP contribution in [-0.4, -0.2) is 6.04 Å². The van der Waals surface area contributed by atoms with E-state index in [2.05, 4.69) is 19.1 Å². The summed E-state index contributed by atoms with van der Waals surface area (Å²) < 4.78 is 5.93. The van der Waals surface area contributed by atoms with E-state index in [0.717, 1.165) is 12.0 Å². The molecule has 0 aliphatic rings. The molecule has 0 fully saturated rings. The Bertz CT molecular complexity index is 610. The van der Waals surface area contributed by atoms with Crippen LogP contribution in [0.15, 0.2) is 24.3 Å². The van der Waals surface area contributed by atoms with Gasteiger partial charge in [-0.3, -0.25) is 0 Å². The molecule has 5 heteroatoms. The lowest BCUT2D eigenvalue weighted by Gasteiger charge is -2.15. The van der Waals surface area contributed by atoms with E-state index in [0.29, 0.717) is 28.8 Å². The van der Waals surface area contributed by atoms with E-state index in [1.54, 1.807) is 17.4 Å². The van der Waals surface area contributed by atoms with Crippen LogP contribution in [0.25, 0.3) is 0 Å². The van der Waals surface area contributed by atoms with Crippen LogP contribution in [0.1, 0.15) is 29.2 Å². The standard InChI is InChI=1S/C16H19Cl2NOS/c1-3-13-4-5-14(21-13)9-20-16-11(6-10(2)19)7-12(17)8-15(16)18/h4-5,7-8,10H,3,6,9,19H2,1-2H3. The fourth-order valence-electron chi connectivity index (χ4n) is 2.11. The van der Waals surface area contributed by atoms with Crippen molar-refractivity contribution in [2.24, 2.45) is 5.73 Å². The molecule has 114 valence electrons. The molecule has 0 saturated heterocycles. The highest BCUT2D eigenvalue weighted by molar-refractivity contribution is 7.11.